The number of hydrogen-bond donors (Lipinski definition) is 0. The van der Waals surface area contributed by atoms with Crippen molar-refractivity contribution < 1.29 is 0 Å². The van der Waals surface area contributed by atoms with Crippen molar-refractivity contribution in [3.63, 3.8) is 0 Å². The Morgan fingerprint density at radius 3 is 2.43 bits per heavy atom. The number of nitrogens with zero attached hydrogens (tertiary/aromatic N) is 1. The second-order valence-electron chi connectivity index (χ2n) is 3.78. The summed E-state index contributed by atoms with van der Waals surface area (Å²) >= 11 is 0. The highest BCUT2D eigenvalue weighted by molar-refractivity contribution is 5.50. The maximum Gasteiger partial charge on any atom is 0.0485 e. The molecule has 1 aromatic carbocycles. The third-order valence-corrected chi connectivity index (χ3v) is 1.90. The van der Waals surface area contributed by atoms with Gasteiger partial charge in [-0.25, -0.2) is 0 Å². The van der Waals surface area contributed by atoms with Crippen molar-refractivity contribution in [1.29, 1.82) is 0 Å². The number of benzene rings is 1. The van der Waals surface area contributed by atoms with Gasteiger partial charge in [-0.05, 0) is 18.1 Å². The minimum atomic E-state index is 0.645. The van der Waals surface area contributed by atoms with Gasteiger partial charge in [-0.15, -0.1) is 0 Å². The number of hydrogen-bond acceptors (Lipinski definition) is 1. The van der Waals surface area contributed by atoms with Gasteiger partial charge in [0, 0.05) is 25.2 Å². The van der Waals surface area contributed by atoms with E-state index in [1.165, 1.54) is 0 Å². The van der Waals surface area contributed by atoms with Crippen LogP contribution in [-0.4, -0.2) is 7.05 Å². The minimum absolute atomic E-state index is 0.645. The SMILES string of the molecule is CC(C)CC#CN(C)c1ccccc1. The molecule has 0 saturated carbocycles. The Kier molecular flexibility index (Phi) is 4.07. The van der Waals surface area contributed by atoms with Gasteiger partial charge in [0.1, 0.15) is 0 Å². The highest BCUT2D eigenvalue weighted by atomic mass is 15.1. The van der Waals surface area contributed by atoms with Crippen LogP contribution in [-0.2, 0) is 0 Å². The summed E-state index contributed by atoms with van der Waals surface area (Å²) in [5, 5.41) is 0. The van der Waals surface area contributed by atoms with Crippen LogP contribution in [0, 0.1) is 17.9 Å². The van der Waals surface area contributed by atoms with E-state index in [2.05, 4.69) is 37.9 Å². The monoisotopic (exact) mass is 187 g/mol. The number of para-hydroxylation sites is 1. The average molecular weight is 187 g/mol. The molecule has 0 heterocycles. The van der Waals surface area contributed by atoms with Crippen LogP contribution in [0.5, 0.6) is 0 Å². The van der Waals surface area contributed by atoms with E-state index in [0.717, 1.165) is 12.1 Å². The largest absolute Gasteiger partial charge is 0.305 e. The van der Waals surface area contributed by atoms with Crippen molar-refractivity contribution in [1.82, 2.24) is 0 Å². The molecule has 0 N–H and O–H groups in total. The molecule has 0 atom stereocenters. The Balaban J connectivity index is 2.57. The third kappa shape index (κ3) is 3.53. The summed E-state index contributed by atoms with van der Waals surface area (Å²) in [6.45, 7) is 4.36. The highest BCUT2D eigenvalue weighted by Gasteiger charge is 1.93. The summed E-state index contributed by atoms with van der Waals surface area (Å²) in [7, 11) is 1.99. The minimum Gasteiger partial charge on any atom is -0.305 e. The molecule has 14 heavy (non-hydrogen) atoms. The first-order valence-corrected chi connectivity index (χ1v) is 4.97. The Labute approximate surface area is 86.7 Å². The lowest BCUT2D eigenvalue weighted by Crippen LogP contribution is -2.08. The lowest BCUT2D eigenvalue weighted by Gasteiger charge is -2.09. The van der Waals surface area contributed by atoms with E-state index in [4.69, 9.17) is 0 Å². The maximum absolute atomic E-state index is 3.16. The number of anilines is 1. The zero-order chi connectivity index (χ0) is 10.4. The van der Waals surface area contributed by atoms with Crippen LogP contribution in [0.25, 0.3) is 0 Å². The van der Waals surface area contributed by atoms with Gasteiger partial charge in [0.15, 0.2) is 0 Å². The molecule has 0 spiro atoms. The molecule has 74 valence electrons. The normalized spacial score (nSPS) is 9.43. The van der Waals surface area contributed by atoms with Crippen LogP contribution in [0.15, 0.2) is 30.3 Å². The van der Waals surface area contributed by atoms with Crippen molar-refractivity contribution in [2.45, 2.75) is 20.3 Å². The zero-order valence-electron chi connectivity index (χ0n) is 9.12. The fraction of sp³-hybridized carbons (Fsp3) is 0.385. The first kappa shape index (κ1) is 10.7. The quantitative estimate of drug-likeness (QED) is 0.508. The van der Waals surface area contributed by atoms with Crippen LogP contribution in [0.3, 0.4) is 0 Å². The zero-order valence-corrected chi connectivity index (χ0v) is 9.12. The van der Waals surface area contributed by atoms with Crippen molar-refractivity contribution in [2.75, 3.05) is 11.9 Å². The third-order valence-electron chi connectivity index (χ3n) is 1.90. The molecule has 0 aliphatic heterocycles. The Morgan fingerprint density at radius 1 is 1.21 bits per heavy atom. The smallest absolute Gasteiger partial charge is 0.0485 e. The molecule has 0 aliphatic rings. The first-order chi connectivity index (χ1) is 6.70. The molecule has 1 rings (SSSR count). The highest BCUT2D eigenvalue weighted by Crippen LogP contribution is 2.09. The molecule has 1 heteroatoms. The van der Waals surface area contributed by atoms with E-state index in [1.54, 1.807) is 0 Å². The second kappa shape index (κ2) is 5.34. The summed E-state index contributed by atoms with van der Waals surface area (Å²) < 4.78 is 0. The predicted molar refractivity (Wildman–Crippen MR) is 62.1 cm³/mol. The van der Waals surface area contributed by atoms with E-state index in [1.807, 2.05) is 30.1 Å². The standard InChI is InChI=1S/C13H17N/c1-12(2)8-7-11-14(3)13-9-5-4-6-10-13/h4-6,9-10,12H,8H2,1-3H3. The van der Waals surface area contributed by atoms with Gasteiger partial charge in [0.05, 0.1) is 0 Å². The summed E-state index contributed by atoms with van der Waals surface area (Å²) in [6, 6.07) is 13.3. The van der Waals surface area contributed by atoms with Gasteiger partial charge in [0.2, 0.25) is 0 Å². The summed E-state index contributed by atoms with van der Waals surface area (Å²) in [5.74, 6) is 3.80. The fourth-order valence-corrected chi connectivity index (χ4v) is 1.08. The van der Waals surface area contributed by atoms with Crippen LogP contribution in [0.1, 0.15) is 20.3 Å². The van der Waals surface area contributed by atoms with E-state index < -0.39 is 0 Å². The molecule has 0 aliphatic carbocycles. The lowest BCUT2D eigenvalue weighted by molar-refractivity contribution is 0.675. The Morgan fingerprint density at radius 2 is 1.86 bits per heavy atom. The maximum atomic E-state index is 3.16. The molecule has 0 amide bonds. The molecule has 0 radical (unpaired) electrons. The molecule has 0 aromatic heterocycles. The van der Waals surface area contributed by atoms with Crippen molar-refractivity contribution in [2.24, 2.45) is 5.92 Å². The topological polar surface area (TPSA) is 3.24 Å². The molecule has 0 fully saturated rings. The van der Waals surface area contributed by atoms with Crippen molar-refractivity contribution >= 4 is 5.69 Å². The molecule has 1 nitrogen and oxygen atoms in total. The predicted octanol–water partition coefficient (Wildman–Crippen LogP) is 3.13. The van der Waals surface area contributed by atoms with Gasteiger partial charge >= 0.3 is 0 Å². The summed E-state index contributed by atoms with van der Waals surface area (Å²) in [4.78, 5) is 1.96. The molecule has 0 unspecified atom stereocenters. The van der Waals surface area contributed by atoms with Gasteiger partial charge in [-0.2, -0.15) is 0 Å². The van der Waals surface area contributed by atoms with Crippen LogP contribution >= 0.6 is 0 Å². The van der Waals surface area contributed by atoms with Gasteiger partial charge in [-0.3, -0.25) is 0 Å². The van der Waals surface area contributed by atoms with E-state index in [-0.39, 0.29) is 0 Å². The first-order valence-electron chi connectivity index (χ1n) is 4.97. The van der Waals surface area contributed by atoms with Crippen LogP contribution < -0.4 is 4.90 Å². The molecule has 1 aromatic rings. The van der Waals surface area contributed by atoms with E-state index >= 15 is 0 Å². The van der Waals surface area contributed by atoms with E-state index in [0.29, 0.717) is 5.92 Å². The van der Waals surface area contributed by atoms with Gasteiger partial charge < -0.3 is 4.90 Å². The molecular formula is C13H17N. The molecular weight excluding hydrogens is 170 g/mol. The van der Waals surface area contributed by atoms with Crippen molar-refractivity contribution in [3.05, 3.63) is 30.3 Å². The van der Waals surface area contributed by atoms with Gasteiger partial charge in [0.25, 0.3) is 0 Å². The molecule has 0 bridgehead atoms. The second-order valence-corrected chi connectivity index (χ2v) is 3.78. The van der Waals surface area contributed by atoms with Gasteiger partial charge in [-0.1, -0.05) is 38.0 Å². The van der Waals surface area contributed by atoms with E-state index in [9.17, 15) is 0 Å². The Hall–Kier alpha value is -1.42. The summed E-state index contributed by atoms with van der Waals surface area (Å²) in [6.07, 6.45) is 0.956. The van der Waals surface area contributed by atoms with Crippen molar-refractivity contribution in [3.8, 4) is 12.0 Å². The van der Waals surface area contributed by atoms with Crippen LogP contribution in [0.2, 0.25) is 0 Å². The van der Waals surface area contributed by atoms with Crippen LogP contribution in [0.4, 0.5) is 5.69 Å². The fourth-order valence-electron chi connectivity index (χ4n) is 1.08. The average Bonchev–Trinajstić information content (AvgIpc) is 2.18. The lowest BCUT2D eigenvalue weighted by atomic mass is 10.1. The Bertz CT molecular complexity index is 316. The number of rotatable bonds is 2. The molecule has 0 saturated heterocycles. The summed E-state index contributed by atoms with van der Waals surface area (Å²) in [5.41, 5.74) is 1.14.